The standard InChI is InChI=1S/C14H15F3N2O2/c1-20-6-5-18-9-13-19-8-12(21-13)10-3-2-4-11(7-10)14(15,16)17/h2-4,7-8,18H,5-6,9H2,1H3. The zero-order valence-corrected chi connectivity index (χ0v) is 11.4. The molecule has 2 aromatic rings. The number of halogens is 3. The number of alkyl halides is 3. The monoisotopic (exact) mass is 300 g/mol. The van der Waals surface area contributed by atoms with Crippen molar-refractivity contribution in [2.45, 2.75) is 12.7 Å². The quantitative estimate of drug-likeness (QED) is 0.833. The smallest absolute Gasteiger partial charge is 0.416 e. The molecule has 0 amide bonds. The molecule has 1 aromatic heterocycles. The second kappa shape index (κ2) is 6.73. The molecule has 0 aliphatic rings. The third-order valence-electron chi connectivity index (χ3n) is 2.79. The summed E-state index contributed by atoms with van der Waals surface area (Å²) in [6, 6.07) is 4.96. The van der Waals surface area contributed by atoms with Crippen molar-refractivity contribution in [2.24, 2.45) is 0 Å². The summed E-state index contributed by atoms with van der Waals surface area (Å²) in [6.45, 7) is 1.58. The first-order valence-corrected chi connectivity index (χ1v) is 6.32. The molecule has 2 rings (SSSR count). The first kappa shape index (κ1) is 15.5. The normalized spacial score (nSPS) is 11.8. The van der Waals surface area contributed by atoms with Crippen LogP contribution in [0.25, 0.3) is 11.3 Å². The van der Waals surface area contributed by atoms with Crippen molar-refractivity contribution in [3.63, 3.8) is 0 Å². The highest BCUT2D eigenvalue weighted by Gasteiger charge is 2.30. The van der Waals surface area contributed by atoms with Crippen LogP contribution in [0.3, 0.4) is 0 Å². The fraction of sp³-hybridized carbons (Fsp3) is 0.357. The average molecular weight is 300 g/mol. The number of benzene rings is 1. The van der Waals surface area contributed by atoms with Gasteiger partial charge in [0.1, 0.15) is 0 Å². The van der Waals surface area contributed by atoms with Crippen molar-refractivity contribution in [3.8, 4) is 11.3 Å². The maximum atomic E-state index is 12.7. The van der Waals surface area contributed by atoms with Gasteiger partial charge >= 0.3 is 6.18 Å². The van der Waals surface area contributed by atoms with Crippen molar-refractivity contribution in [3.05, 3.63) is 41.9 Å². The van der Waals surface area contributed by atoms with Gasteiger partial charge in [-0.15, -0.1) is 0 Å². The summed E-state index contributed by atoms with van der Waals surface area (Å²) < 4.78 is 48.3. The maximum Gasteiger partial charge on any atom is 0.416 e. The van der Waals surface area contributed by atoms with Crippen molar-refractivity contribution in [1.29, 1.82) is 0 Å². The lowest BCUT2D eigenvalue weighted by Crippen LogP contribution is -2.18. The van der Waals surface area contributed by atoms with Crippen LogP contribution in [0.5, 0.6) is 0 Å². The minimum Gasteiger partial charge on any atom is -0.439 e. The van der Waals surface area contributed by atoms with Gasteiger partial charge in [0.25, 0.3) is 0 Å². The van der Waals surface area contributed by atoms with Gasteiger partial charge in [-0.25, -0.2) is 4.98 Å². The van der Waals surface area contributed by atoms with E-state index in [4.69, 9.17) is 9.15 Å². The lowest BCUT2D eigenvalue weighted by Gasteiger charge is -2.07. The Labute approximate surface area is 119 Å². The van der Waals surface area contributed by atoms with E-state index in [-0.39, 0.29) is 0 Å². The van der Waals surface area contributed by atoms with E-state index in [9.17, 15) is 13.2 Å². The van der Waals surface area contributed by atoms with Crippen molar-refractivity contribution in [2.75, 3.05) is 20.3 Å². The van der Waals surface area contributed by atoms with E-state index >= 15 is 0 Å². The Morgan fingerprint density at radius 2 is 2.14 bits per heavy atom. The Morgan fingerprint density at radius 3 is 2.86 bits per heavy atom. The molecule has 0 aliphatic carbocycles. The summed E-state index contributed by atoms with van der Waals surface area (Å²) in [5.74, 6) is 0.725. The molecule has 0 radical (unpaired) electrons. The fourth-order valence-electron chi connectivity index (χ4n) is 1.74. The van der Waals surface area contributed by atoms with E-state index in [1.165, 1.54) is 12.3 Å². The molecular formula is C14H15F3N2O2. The Balaban J connectivity index is 2.07. The third-order valence-corrected chi connectivity index (χ3v) is 2.79. The molecule has 0 atom stereocenters. The van der Waals surface area contributed by atoms with Crippen LogP contribution in [0.2, 0.25) is 0 Å². The summed E-state index contributed by atoms with van der Waals surface area (Å²) >= 11 is 0. The van der Waals surface area contributed by atoms with Crippen LogP contribution in [-0.4, -0.2) is 25.2 Å². The van der Waals surface area contributed by atoms with Crippen LogP contribution in [0, 0.1) is 0 Å². The first-order valence-electron chi connectivity index (χ1n) is 6.32. The van der Waals surface area contributed by atoms with E-state index in [0.717, 1.165) is 12.1 Å². The Kier molecular flexibility index (Phi) is 4.98. The molecular weight excluding hydrogens is 285 g/mol. The van der Waals surface area contributed by atoms with Crippen LogP contribution >= 0.6 is 0 Å². The molecule has 114 valence electrons. The van der Waals surface area contributed by atoms with Gasteiger partial charge in [-0.3, -0.25) is 0 Å². The van der Waals surface area contributed by atoms with E-state index in [0.29, 0.717) is 36.9 Å². The van der Waals surface area contributed by atoms with Crippen LogP contribution < -0.4 is 5.32 Å². The number of ether oxygens (including phenoxy) is 1. The Hall–Kier alpha value is -1.86. The minimum atomic E-state index is -4.37. The van der Waals surface area contributed by atoms with Crippen LogP contribution in [-0.2, 0) is 17.5 Å². The maximum absolute atomic E-state index is 12.7. The fourth-order valence-corrected chi connectivity index (χ4v) is 1.74. The van der Waals surface area contributed by atoms with Crippen molar-refractivity contribution in [1.82, 2.24) is 10.3 Å². The van der Waals surface area contributed by atoms with Gasteiger partial charge in [0.15, 0.2) is 5.76 Å². The minimum absolute atomic E-state index is 0.310. The summed E-state index contributed by atoms with van der Waals surface area (Å²) in [6.07, 6.45) is -2.95. The van der Waals surface area contributed by atoms with E-state index in [1.54, 1.807) is 13.2 Å². The molecule has 0 aliphatic heterocycles. The highest BCUT2D eigenvalue weighted by molar-refractivity contribution is 5.57. The number of nitrogens with one attached hydrogen (secondary N) is 1. The molecule has 0 fully saturated rings. The number of aromatic nitrogens is 1. The van der Waals surface area contributed by atoms with E-state index in [2.05, 4.69) is 10.3 Å². The molecule has 1 heterocycles. The topological polar surface area (TPSA) is 47.3 Å². The van der Waals surface area contributed by atoms with Crippen molar-refractivity contribution >= 4 is 0 Å². The second-order valence-corrected chi connectivity index (χ2v) is 4.37. The Bertz CT molecular complexity index is 582. The van der Waals surface area contributed by atoms with Crippen LogP contribution in [0.1, 0.15) is 11.5 Å². The molecule has 21 heavy (non-hydrogen) atoms. The predicted molar refractivity (Wildman–Crippen MR) is 70.5 cm³/mol. The molecule has 1 N–H and O–H groups in total. The van der Waals surface area contributed by atoms with Gasteiger partial charge in [0.05, 0.1) is 24.9 Å². The van der Waals surface area contributed by atoms with Gasteiger partial charge in [-0.05, 0) is 12.1 Å². The van der Waals surface area contributed by atoms with Gasteiger partial charge in [-0.1, -0.05) is 12.1 Å². The van der Waals surface area contributed by atoms with E-state index < -0.39 is 11.7 Å². The van der Waals surface area contributed by atoms with Crippen LogP contribution in [0.4, 0.5) is 13.2 Å². The Morgan fingerprint density at radius 1 is 1.33 bits per heavy atom. The SMILES string of the molecule is COCCNCc1ncc(-c2cccc(C(F)(F)F)c2)o1. The van der Waals surface area contributed by atoms with Gasteiger partial charge in [0, 0.05) is 19.2 Å². The van der Waals surface area contributed by atoms with Gasteiger partial charge in [-0.2, -0.15) is 13.2 Å². The molecule has 0 spiro atoms. The zero-order valence-electron chi connectivity index (χ0n) is 11.4. The molecule has 7 heteroatoms. The summed E-state index contributed by atoms with van der Waals surface area (Å²) in [5, 5.41) is 3.04. The van der Waals surface area contributed by atoms with Crippen molar-refractivity contribution < 1.29 is 22.3 Å². The molecule has 1 aromatic carbocycles. The number of methoxy groups -OCH3 is 1. The molecule has 0 saturated carbocycles. The van der Waals surface area contributed by atoms with Gasteiger partial charge < -0.3 is 14.5 Å². The lowest BCUT2D eigenvalue weighted by molar-refractivity contribution is -0.137. The third kappa shape index (κ3) is 4.30. The summed E-state index contributed by atoms with van der Waals surface area (Å²) in [7, 11) is 1.60. The van der Waals surface area contributed by atoms with E-state index in [1.807, 2.05) is 0 Å². The molecule has 4 nitrogen and oxygen atoms in total. The highest BCUT2D eigenvalue weighted by Crippen LogP contribution is 2.32. The largest absolute Gasteiger partial charge is 0.439 e. The number of hydrogen-bond acceptors (Lipinski definition) is 4. The number of nitrogens with zero attached hydrogens (tertiary/aromatic N) is 1. The lowest BCUT2D eigenvalue weighted by atomic mass is 10.1. The number of hydrogen-bond donors (Lipinski definition) is 1. The predicted octanol–water partition coefficient (Wildman–Crippen LogP) is 3.10. The number of oxazole rings is 1. The zero-order chi connectivity index (χ0) is 15.3. The summed E-state index contributed by atoms with van der Waals surface area (Å²) in [5.41, 5.74) is -0.364. The second-order valence-electron chi connectivity index (χ2n) is 4.37. The molecule has 0 saturated heterocycles. The average Bonchev–Trinajstić information content (AvgIpc) is 2.92. The van der Waals surface area contributed by atoms with Crippen LogP contribution in [0.15, 0.2) is 34.9 Å². The van der Waals surface area contributed by atoms with Gasteiger partial charge in [0.2, 0.25) is 5.89 Å². The highest BCUT2D eigenvalue weighted by atomic mass is 19.4. The molecule has 0 bridgehead atoms. The summed E-state index contributed by atoms with van der Waals surface area (Å²) in [4.78, 5) is 4.03. The number of rotatable bonds is 6. The molecule has 0 unspecified atom stereocenters. The first-order chi connectivity index (χ1) is 10.0.